The number of benzene rings is 1. The predicted molar refractivity (Wildman–Crippen MR) is 105 cm³/mol. The van der Waals surface area contributed by atoms with Gasteiger partial charge in [0.05, 0.1) is 12.2 Å². The molecule has 4 N–H and O–H groups in total. The van der Waals surface area contributed by atoms with Gasteiger partial charge in [0.25, 0.3) is 5.62 Å². The van der Waals surface area contributed by atoms with Crippen molar-refractivity contribution >= 4 is 17.7 Å². The van der Waals surface area contributed by atoms with Crippen LogP contribution in [0.3, 0.4) is 0 Å². The highest BCUT2D eigenvalue weighted by molar-refractivity contribution is 5.57. The minimum atomic E-state index is -0.518. The Bertz CT molecular complexity index is 1400. The first-order valence-electron chi connectivity index (χ1n) is 9.36. The fourth-order valence-electron chi connectivity index (χ4n) is 2.94. The fourth-order valence-corrected chi connectivity index (χ4v) is 2.94. The molecule has 5 rings (SSSR count). The Morgan fingerprint density at radius 1 is 1.27 bits per heavy atom. The summed E-state index contributed by atoms with van der Waals surface area (Å²) in [6, 6.07) is 6.36. The van der Waals surface area contributed by atoms with Crippen LogP contribution in [0.5, 0.6) is 5.88 Å². The minimum absolute atomic E-state index is 0.217. The average molecular weight is 408 g/mol. The number of aromatic amines is 2. The highest BCUT2D eigenvalue weighted by Gasteiger charge is 2.21. The van der Waals surface area contributed by atoms with Gasteiger partial charge >= 0.3 is 5.69 Å². The topological polar surface area (TPSA) is 136 Å². The van der Waals surface area contributed by atoms with Gasteiger partial charge in [-0.3, -0.25) is 4.98 Å². The van der Waals surface area contributed by atoms with E-state index in [1.165, 1.54) is 16.6 Å². The minimum Gasteiger partial charge on any atom is -0.493 e. The van der Waals surface area contributed by atoms with Crippen molar-refractivity contribution in [2.45, 2.75) is 25.4 Å². The molecule has 30 heavy (non-hydrogen) atoms. The zero-order valence-corrected chi connectivity index (χ0v) is 15.6. The molecule has 0 radical (unpaired) electrons. The molecule has 0 bridgehead atoms. The number of fused-ring (bicyclic) bond motifs is 1. The molecule has 0 aliphatic heterocycles. The molecule has 4 aromatic rings. The summed E-state index contributed by atoms with van der Waals surface area (Å²) in [7, 11) is 0. The highest BCUT2D eigenvalue weighted by Crippen LogP contribution is 2.22. The normalized spacial score (nSPS) is 15.2. The van der Waals surface area contributed by atoms with E-state index in [2.05, 4.69) is 35.3 Å². The molecule has 10 nitrogen and oxygen atoms in total. The lowest BCUT2D eigenvalue weighted by Gasteiger charge is -2.05. The molecule has 1 saturated carbocycles. The second kappa shape index (κ2) is 7.10. The third kappa shape index (κ3) is 3.64. The van der Waals surface area contributed by atoms with Gasteiger partial charge in [-0.25, -0.2) is 14.2 Å². The number of hydrogen-bond acceptors (Lipinski definition) is 7. The molecule has 1 fully saturated rings. The number of imidazole rings is 1. The number of nitrogens with zero attached hydrogens (tertiary/aromatic N) is 5. The van der Waals surface area contributed by atoms with Crippen LogP contribution in [-0.4, -0.2) is 40.7 Å². The molecule has 0 saturated heterocycles. The summed E-state index contributed by atoms with van der Waals surface area (Å²) >= 11 is 0. The quantitative estimate of drug-likeness (QED) is 0.373. The summed E-state index contributed by atoms with van der Waals surface area (Å²) in [5, 5.41) is 17.8. The van der Waals surface area contributed by atoms with Crippen molar-refractivity contribution in [3.05, 3.63) is 68.9 Å². The Labute approximate surface area is 167 Å². The number of halogens is 1. The van der Waals surface area contributed by atoms with Gasteiger partial charge in [0, 0.05) is 11.8 Å². The van der Waals surface area contributed by atoms with Crippen LogP contribution < -0.4 is 21.8 Å². The molecule has 0 spiro atoms. The molecule has 3 aromatic heterocycles. The van der Waals surface area contributed by atoms with E-state index in [1.54, 1.807) is 24.4 Å². The number of hydrogen-bond donors (Lipinski definition) is 4. The van der Waals surface area contributed by atoms with Gasteiger partial charge in [0.1, 0.15) is 11.5 Å². The maximum atomic E-state index is 13.1. The van der Waals surface area contributed by atoms with Crippen molar-refractivity contribution in [1.82, 2.24) is 29.5 Å². The van der Waals surface area contributed by atoms with Crippen LogP contribution in [0.2, 0.25) is 0 Å². The number of rotatable bonds is 5. The highest BCUT2D eigenvalue weighted by atomic mass is 19.1. The molecule has 1 aromatic carbocycles. The fraction of sp³-hybridized carbons (Fsp3) is 0.211. The SMILES string of the molecule is O=c1[nH]c(O)c(C=c2cnn3c(=NC4CC4)nc(NCc4ccc(F)cc4)nc23)[nH]1. The molecule has 11 heteroatoms. The Hall–Kier alpha value is -4.02. The van der Waals surface area contributed by atoms with Gasteiger partial charge in [-0.05, 0) is 36.6 Å². The lowest BCUT2D eigenvalue weighted by atomic mass is 10.2. The van der Waals surface area contributed by atoms with E-state index >= 15 is 0 Å². The molecule has 1 aliphatic carbocycles. The van der Waals surface area contributed by atoms with Gasteiger partial charge in [0.2, 0.25) is 11.8 Å². The summed E-state index contributed by atoms with van der Waals surface area (Å²) in [6.45, 7) is 0.401. The van der Waals surface area contributed by atoms with Crippen LogP contribution >= 0.6 is 0 Å². The zero-order chi connectivity index (χ0) is 20.7. The summed E-state index contributed by atoms with van der Waals surface area (Å²) < 4.78 is 14.6. The molecular formula is C19H17FN8O2. The van der Waals surface area contributed by atoms with E-state index in [0.717, 1.165) is 18.4 Å². The van der Waals surface area contributed by atoms with E-state index < -0.39 is 5.69 Å². The van der Waals surface area contributed by atoms with Crippen LogP contribution in [0, 0.1) is 5.82 Å². The first-order chi connectivity index (χ1) is 14.5. The van der Waals surface area contributed by atoms with E-state index in [4.69, 9.17) is 0 Å². The monoisotopic (exact) mass is 408 g/mol. The van der Waals surface area contributed by atoms with Crippen molar-refractivity contribution in [3.8, 4) is 5.88 Å². The number of nitrogens with one attached hydrogen (secondary N) is 3. The van der Waals surface area contributed by atoms with Crippen LogP contribution in [0.25, 0.3) is 11.7 Å². The van der Waals surface area contributed by atoms with Crippen molar-refractivity contribution < 1.29 is 9.50 Å². The van der Waals surface area contributed by atoms with E-state index in [9.17, 15) is 14.3 Å². The molecule has 0 unspecified atom stereocenters. The molecule has 0 atom stereocenters. The Kier molecular flexibility index (Phi) is 4.27. The van der Waals surface area contributed by atoms with Gasteiger partial charge in [-0.1, -0.05) is 12.1 Å². The molecule has 1 aliphatic rings. The summed E-state index contributed by atoms with van der Waals surface area (Å²) in [4.78, 5) is 29.7. The third-order valence-electron chi connectivity index (χ3n) is 4.62. The largest absolute Gasteiger partial charge is 0.493 e. The number of aromatic hydroxyl groups is 1. The Morgan fingerprint density at radius 2 is 2.07 bits per heavy atom. The van der Waals surface area contributed by atoms with Crippen molar-refractivity contribution in [1.29, 1.82) is 0 Å². The number of H-pyrrole nitrogens is 2. The maximum absolute atomic E-state index is 13.1. The van der Waals surface area contributed by atoms with E-state index in [1.807, 2.05) is 0 Å². The molecular weight excluding hydrogens is 391 g/mol. The number of aromatic nitrogens is 6. The van der Waals surface area contributed by atoms with E-state index in [-0.39, 0.29) is 23.4 Å². The van der Waals surface area contributed by atoms with Crippen LogP contribution in [0.15, 0.2) is 40.2 Å². The average Bonchev–Trinajstić information content (AvgIpc) is 3.36. The Balaban J connectivity index is 1.58. The second-order valence-electron chi connectivity index (χ2n) is 7.01. The van der Waals surface area contributed by atoms with Gasteiger partial charge in [0.15, 0.2) is 5.65 Å². The molecule has 0 amide bonds. The first kappa shape index (κ1) is 18.0. The zero-order valence-electron chi connectivity index (χ0n) is 15.6. The second-order valence-corrected chi connectivity index (χ2v) is 7.01. The lowest BCUT2D eigenvalue weighted by molar-refractivity contribution is 0.454. The smallest absolute Gasteiger partial charge is 0.326 e. The van der Waals surface area contributed by atoms with Gasteiger partial charge in [-0.2, -0.15) is 19.6 Å². The van der Waals surface area contributed by atoms with Crippen molar-refractivity contribution in [2.24, 2.45) is 4.99 Å². The van der Waals surface area contributed by atoms with E-state index in [0.29, 0.717) is 29.0 Å². The first-order valence-corrected chi connectivity index (χ1v) is 9.36. The predicted octanol–water partition coefficient (Wildman–Crippen LogP) is 0.208. The Morgan fingerprint density at radius 3 is 2.77 bits per heavy atom. The summed E-state index contributed by atoms with van der Waals surface area (Å²) in [5.74, 6) is -0.230. The lowest BCUT2D eigenvalue weighted by Crippen LogP contribution is -2.24. The van der Waals surface area contributed by atoms with Crippen molar-refractivity contribution in [2.75, 3.05) is 5.32 Å². The third-order valence-corrected chi connectivity index (χ3v) is 4.62. The molecule has 3 heterocycles. The molecule has 152 valence electrons. The van der Waals surface area contributed by atoms with Crippen LogP contribution in [-0.2, 0) is 6.54 Å². The van der Waals surface area contributed by atoms with Crippen LogP contribution in [0.1, 0.15) is 24.1 Å². The maximum Gasteiger partial charge on any atom is 0.326 e. The van der Waals surface area contributed by atoms with Crippen molar-refractivity contribution in [3.63, 3.8) is 0 Å². The summed E-state index contributed by atoms with van der Waals surface area (Å²) in [5.41, 5.74) is 1.45. The number of anilines is 1. The standard InChI is InChI=1S/C19H17FN8O2/c20-12-3-1-10(2-4-12)8-21-17-25-15-11(7-14-16(29)26-19(30)24-14)9-22-28(15)18(27-17)23-13-5-6-13/h1-4,7,9,13,29H,5-6,8H2,(H,21,23,27)(H2,24,26,30). The van der Waals surface area contributed by atoms with Gasteiger partial charge < -0.3 is 15.4 Å². The summed E-state index contributed by atoms with van der Waals surface area (Å²) in [6.07, 6.45) is 5.13. The van der Waals surface area contributed by atoms with Crippen LogP contribution in [0.4, 0.5) is 10.3 Å². The van der Waals surface area contributed by atoms with Gasteiger partial charge in [-0.15, -0.1) is 0 Å².